The van der Waals surface area contributed by atoms with Crippen molar-refractivity contribution in [1.82, 2.24) is 4.57 Å². The molecule has 0 aliphatic heterocycles. The molecule has 0 fully saturated rings. The van der Waals surface area contributed by atoms with Gasteiger partial charge in [-0.2, -0.15) is 0 Å². The molecule has 86 valence electrons. The number of aryl methyl sites for hydroxylation is 1. The lowest BCUT2D eigenvalue weighted by molar-refractivity contribution is 0.112. The van der Waals surface area contributed by atoms with E-state index in [-0.39, 0.29) is 11.1 Å². The van der Waals surface area contributed by atoms with Crippen LogP contribution in [0, 0.1) is 13.8 Å². The normalized spacial score (nSPS) is 10.2. The molecule has 0 aliphatic carbocycles. The predicted octanol–water partition coefficient (Wildman–Crippen LogP) is 2.27. The van der Waals surface area contributed by atoms with Crippen LogP contribution in [0.5, 0.6) is 0 Å². The van der Waals surface area contributed by atoms with Crippen LogP contribution in [-0.2, 0) is 0 Å². The lowest BCUT2D eigenvalue weighted by Crippen LogP contribution is -2.21. The van der Waals surface area contributed by atoms with Gasteiger partial charge in [-0.15, -0.1) is 0 Å². The van der Waals surface area contributed by atoms with Gasteiger partial charge in [-0.05, 0) is 43.2 Å². The average molecular weight is 227 g/mol. The van der Waals surface area contributed by atoms with Gasteiger partial charge in [0.1, 0.15) is 0 Å². The van der Waals surface area contributed by atoms with Crippen LogP contribution in [0.1, 0.15) is 21.5 Å². The number of hydrogen-bond donors (Lipinski definition) is 0. The molecule has 2 rings (SSSR count). The zero-order valence-corrected chi connectivity index (χ0v) is 9.81. The van der Waals surface area contributed by atoms with Gasteiger partial charge in [-0.1, -0.05) is 12.1 Å². The summed E-state index contributed by atoms with van der Waals surface area (Å²) in [6, 6.07) is 8.99. The van der Waals surface area contributed by atoms with Crippen LogP contribution in [0.3, 0.4) is 0 Å². The zero-order chi connectivity index (χ0) is 12.4. The Balaban J connectivity index is 2.73. The molecular formula is C14H13NO2. The summed E-state index contributed by atoms with van der Waals surface area (Å²) in [5.74, 6) is 0. The minimum Gasteiger partial charge on any atom is -0.298 e. The topological polar surface area (TPSA) is 39.1 Å². The minimum absolute atomic E-state index is 0.174. The molecule has 0 N–H and O–H groups in total. The molecule has 0 radical (unpaired) electrons. The van der Waals surface area contributed by atoms with E-state index in [9.17, 15) is 9.59 Å². The molecular weight excluding hydrogens is 214 g/mol. The Hall–Kier alpha value is -2.16. The van der Waals surface area contributed by atoms with E-state index in [1.54, 1.807) is 12.3 Å². The molecule has 17 heavy (non-hydrogen) atoms. The van der Waals surface area contributed by atoms with E-state index in [0.717, 1.165) is 16.8 Å². The lowest BCUT2D eigenvalue weighted by Gasteiger charge is -2.11. The zero-order valence-electron chi connectivity index (χ0n) is 9.81. The second-order valence-corrected chi connectivity index (χ2v) is 3.98. The molecule has 0 unspecified atom stereocenters. The second kappa shape index (κ2) is 4.37. The van der Waals surface area contributed by atoms with Crippen molar-refractivity contribution in [2.24, 2.45) is 0 Å². The first kappa shape index (κ1) is 11.3. The minimum atomic E-state index is -0.281. The van der Waals surface area contributed by atoms with Crippen LogP contribution in [0.2, 0.25) is 0 Å². The van der Waals surface area contributed by atoms with Crippen molar-refractivity contribution in [2.45, 2.75) is 13.8 Å². The number of carbonyl (C=O) groups excluding carboxylic acids is 1. The fourth-order valence-corrected chi connectivity index (χ4v) is 1.79. The number of rotatable bonds is 2. The summed E-state index contributed by atoms with van der Waals surface area (Å²) in [7, 11) is 0. The quantitative estimate of drug-likeness (QED) is 0.738. The number of hydrogen-bond acceptors (Lipinski definition) is 2. The number of carbonyl (C=O) groups is 1. The first-order valence-corrected chi connectivity index (χ1v) is 5.38. The summed E-state index contributed by atoms with van der Waals surface area (Å²) in [6.07, 6.45) is 2.26. The fourth-order valence-electron chi connectivity index (χ4n) is 1.79. The highest BCUT2D eigenvalue weighted by Crippen LogP contribution is 2.15. The molecule has 3 nitrogen and oxygen atoms in total. The Morgan fingerprint density at radius 1 is 1.12 bits per heavy atom. The van der Waals surface area contributed by atoms with Gasteiger partial charge in [-0.25, -0.2) is 0 Å². The standard InChI is InChI=1S/C14H13NO2/c1-10-5-3-7-13(11(10)2)15-8-4-6-12(9-16)14(15)17/h3-9H,1-2H3. The second-order valence-electron chi connectivity index (χ2n) is 3.98. The maximum Gasteiger partial charge on any atom is 0.265 e. The maximum absolute atomic E-state index is 12.0. The highest BCUT2D eigenvalue weighted by molar-refractivity contribution is 5.74. The number of pyridine rings is 1. The van der Waals surface area contributed by atoms with Crippen molar-refractivity contribution >= 4 is 6.29 Å². The van der Waals surface area contributed by atoms with Crippen LogP contribution < -0.4 is 5.56 Å². The van der Waals surface area contributed by atoms with Crippen LogP contribution in [0.15, 0.2) is 41.3 Å². The maximum atomic E-state index is 12.0. The number of nitrogens with zero attached hydrogens (tertiary/aromatic N) is 1. The van der Waals surface area contributed by atoms with Crippen molar-refractivity contribution in [2.75, 3.05) is 0 Å². The summed E-state index contributed by atoms with van der Waals surface area (Å²) >= 11 is 0. The van der Waals surface area contributed by atoms with E-state index >= 15 is 0 Å². The van der Waals surface area contributed by atoms with Crippen molar-refractivity contribution < 1.29 is 4.79 Å². The average Bonchev–Trinajstić information content (AvgIpc) is 2.33. The van der Waals surface area contributed by atoms with Gasteiger partial charge in [0.05, 0.1) is 11.3 Å². The smallest absolute Gasteiger partial charge is 0.265 e. The molecule has 0 saturated carbocycles. The molecule has 1 aromatic heterocycles. The van der Waals surface area contributed by atoms with Crippen molar-refractivity contribution in [3.63, 3.8) is 0 Å². The van der Waals surface area contributed by atoms with Gasteiger partial charge in [0, 0.05) is 6.20 Å². The van der Waals surface area contributed by atoms with Gasteiger partial charge in [0.15, 0.2) is 6.29 Å². The molecule has 0 amide bonds. The summed E-state index contributed by atoms with van der Waals surface area (Å²) in [5, 5.41) is 0. The Bertz CT molecular complexity index is 626. The van der Waals surface area contributed by atoms with Gasteiger partial charge >= 0.3 is 0 Å². The molecule has 0 saturated heterocycles. The monoisotopic (exact) mass is 227 g/mol. The molecule has 1 aromatic carbocycles. The highest BCUT2D eigenvalue weighted by atomic mass is 16.1. The molecule has 1 heterocycles. The van der Waals surface area contributed by atoms with Gasteiger partial charge in [0.2, 0.25) is 0 Å². The first-order valence-electron chi connectivity index (χ1n) is 5.38. The molecule has 0 atom stereocenters. The molecule has 2 aromatic rings. The summed E-state index contributed by atoms with van der Waals surface area (Å²) in [4.78, 5) is 22.7. The molecule has 3 heteroatoms. The van der Waals surface area contributed by atoms with Crippen LogP contribution in [0.25, 0.3) is 5.69 Å². The lowest BCUT2D eigenvalue weighted by atomic mass is 10.1. The number of aldehydes is 1. The van der Waals surface area contributed by atoms with E-state index in [1.807, 2.05) is 32.0 Å². The van der Waals surface area contributed by atoms with E-state index in [2.05, 4.69) is 0 Å². The van der Waals surface area contributed by atoms with E-state index in [1.165, 1.54) is 10.6 Å². The van der Waals surface area contributed by atoms with Gasteiger partial charge in [-0.3, -0.25) is 14.2 Å². The van der Waals surface area contributed by atoms with E-state index < -0.39 is 0 Å². The van der Waals surface area contributed by atoms with Crippen molar-refractivity contribution in [3.05, 3.63) is 63.6 Å². The third-order valence-corrected chi connectivity index (χ3v) is 2.94. The fraction of sp³-hybridized carbons (Fsp3) is 0.143. The summed E-state index contributed by atoms with van der Waals surface area (Å²) < 4.78 is 1.51. The third kappa shape index (κ3) is 1.91. The van der Waals surface area contributed by atoms with Gasteiger partial charge < -0.3 is 0 Å². The van der Waals surface area contributed by atoms with Gasteiger partial charge in [0.25, 0.3) is 5.56 Å². The summed E-state index contributed by atoms with van der Waals surface area (Å²) in [5.41, 5.74) is 2.87. The third-order valence-electron chi connectivity index (χ3n) is 2.94. The Morgan fingerprint density at radius 2 is 1.88 bits per heavy atom. The predicted molar refractivity (Wildman–Crippen MR) is 66.9 cm³/mol. The van der Waals surface area contributed by atoms with Crippen LogP contribution >= 0.6 is 0 Å². The first-order chi connectivity index (χ1) is 8.15. The van der Waals surface area contributed by atoms with Crippen LogP contribution in [-0.4, -0.2) is 10.9 Å². The summed E-state index contributed by atoms with van der Waals surface area (Å²) in [6.45, 7) is 3.96. The highest BCUT2D eigenvalue weighted by Gasteiger charge is 2.07. The Kier molecular flexibility index (Phi) is 2.91. The van der Waals surface area contributed by atoms with E-state index in [4.69, 9.17) is 0 Å². The van der Waals surface area contributed by atoms with E-state index in [0.29, 0.717) is 6.29 Å². The molecule has 0 bridgehead atoms. The van der Waals surface area contributed by atoms with Crippen molar-refractivity contribution in [3.8, 4) is 5.69 Å². The number of aromatic nitrogens is 1. The Morgan fingerprint density at radius 3 is 2.59 bits per heavy atom. The van der Waals surface area contributed by atoms with Crippen LogP contribution in [0.4, 0.5) is 0 Å². The molecule has 0 aliphatic rings. The Labute approximate surface area is 99.3 Å². The number of benzene rings is 1. The van der Waals surface area contributed by atoms with Crippen molar-refractivity contribution in [1.29, 1.82) is 0 Å². The molecule has 0 spiro atoms. The SMILES string of the molecule is Cc1cccc(-n2cccc(C=O)c2=O)c1C. The largest absolute Gasteiger partial charge is 0.298 e.